The summed E-state index contributed by atoms with van der Waals surface area (Å²) in [6.45, 7) is 2.66. The number of carbonyl (C=O) groups is 1. The van der Waals surface area contributed by atoms with Crippen LogP contribution in [-0.2, 0) is 11.3 Å². The number of aromatic nitrogens is 2. The van der Waals surface area contributed by atoms with Crippen LogP contribution in [0, 0.1) is 11.3 Å². The molecule has 0 spiro atoms. The summed E-state index contributed by atoms with van der Waals surface area (Å²) >= 11 is 0. The summed E-state index contributed by atoms with van der Waals surface area (Å²) in [6.07, 6.45) is 0. The lowest BCUT2D eigenvalue weighted by atomic mass is 10.2. The van der Waals surface area contributed by atoms with E-state index in [-0.39, 0.29) is 18.4 Å². The molecule has 0 radical (unpaired) electrons. The predicted molar refractivity (Wildman–Crippen MR) is 72.2 cm³/mol. The van der Waals surface area contributed by atoms with Gasteiger partial charge in [-0.1, -0.05) is 0 Å². The Morgan fingerprint density at radius 2 is 2.32 bits per heavy atom. The minimum absolute atomic E-state index is 0.0455. The van der Waals surface area contributed by atoms with Crippen LogP contribution in [0.5, 0.6) is 0 Å². The van der Waals surface area contributed by atoms with Crippen molar-refractivity contribution in [3.8, 4) is 6.07 Å². The average Bonchev–Trinajstić information content (AvgIpc) is 2.73. The molecule has 0 saturated heterocycles. The molecule has 6 heteroatoms. The number of amides is 1. The largest absolute Gasteiger partial charge is 0.369 e. The number of nitriles is 1. The quantitative estimate of drug-likeness (QED) is 0.887. The Kier molecular flexibility index (Phi) is 3.38. The summed E-state index contributed by atoms with van der Waals surface area (Å²) in [5, 5.41) is 8.92. The van der Waals surface area contributed by atoms with Gasteiger partial charge in [-0.05, 0) is 25.1 Å². The summed E-state index contributed by atoms with van der Waals surface area (Å²) in [4.78, 5) is 17.7. The molecule has 0 unspecified atom stereocenters. The highest BCUT2D eigenvalue weighted by Crippen LogP contribution is 2.19. The molecule has 6 nitrogen and oxygen atoms in total. The highest BCUT2D eigenvalue weighted by molar-refractivity contribution is 5.83. The van der Waals surface area contributed by atoms with E-state index in [0.717, 1.165) is 0 Å². The van der Waals surface area contributed by atoms with Crippen molar-refractivity contribution in [3.63, 3.8) is 0 Å². The Hall–Kier alpha value is -2.55. The van der Waals surface area contributed by atoms with Crippen molar-refractivity contribution in [2.24, 2.45) is 0 Å². The smallest absolute Gasteiger partial charge is 0.242 e. The number of nitrogens with two attached hydrogens (primary N) is 1. The second kappa shape index (κ2) is 4.98. The summed E-state index contributed by atoms with van der Waals surface area (Å²) < 4.78 is 1.63. The van der Waals surface area contributed by atoms with Crippen molar-refractivity contribution in [3.05, 3.63) is 23.8 Å². The number of nitrogen functional groups attached to an aromatic ring is 1. The zero-order chi connectivity index (χ0) is 14.0. The summed E-state index contributed by atoms with van der Waals surface area (Å²) in [6, 6.07) is 7.17. The highest BCUT2D eigenvalue weighted by atomic mass is 16.2. The molecule has 98 valence electrons. The molecule has 0 aliphatic heterocycles. The maximum Gasteiger partial charge on any atom is 0.242 e. The number of rotatable bonds is 3. The molecule has 1 aromatic heterocycles. The van der Waals surface area contributed by atoms with Gasteiger partial charge in [-0.15, -0.1) is 0 Å². The first kappa shape index (κ1) is 12.9. The van der Waals surface area contributed by atoms with E-state index in [1.165, 1.54) is 0 Å². The molecule has 0 atom stereocenters. The van der Waals surface area contributed by atoms with Crippen molar-refractivity contribution in [1.82, 2.24) is 14.5 Å². The number of hydrogen-bond acceptors (Lipinski definition) is 4. The van der Waals surface area contributed by atoms with Gasteiger partial charge in [0.15, 0.2) is 0 Å². The lowest BCUT2D eigenvalue weighted by Gasteiger charge is -2.15. The van der Waals surface area contributed by atoms with Gasteiger partial charge in [0, 0.05) is 13.6 Å². The Morgan fingerprint density at radius 1 is 1.58 bits per heavy atom. The van der Waals surface area contributed by atoms with Gasteiger partial charge in [-0.2, -0.15) is 5.26 Å². The first-order valence-electron chi connectivity index (χ1n) is 5.96. The standard InChI is InChI=1S/C13H15N5O/c1-3-17(2)12(19)8-18-11-6-9(7-14)4-5-10(11)16-13(18)15/h4-6H,3,8H2,1-2H3,(H2,15,16). The molecule has 0 saturated carbocycles. The molecule has 2 N–H and O–H groups in total. The summed E-state index contributed by atoms with van der Waals surface area (Å²) in [5.74, 6) is 0.235. The first-order valence-corrected chi connectivity index (χ1v) is 5.96. The topological polar surface area (TPSA) is 87.9 Å². The Bertz CT molecular complexity index is 667. The van der Waals surface area contributed by atoms with Crippen molar-refractivity contribution >= 4 is 22.9 Å². The van der Waals surface area contributed by atoms with Gasteiger partial charge >= 0.3 is 0 Å². The third kappa shape index (κ3) is 2.36. The molecule has 0 bridgehead atoms. The Morgan fingerprint density at radius 3 is 2.95 bits per heavy atom. The van der Waals surface area contributed by atoms with Gasteiger partial charge in [0.1, 0.15) is 6.54 Å². The van der Waals surface area contributed by atoms with Crippen LogP contribution in [0.4, 0.5) is 5.95 Å². The van der Waals surface area contributed by atoms with E-state index in [2.05, 4.69) is 11.1 Å². The fraction of sp³-hybridized carbons (Fsp3) is 0.308. The van der Waals surface area contributed by atoms with Gasteiger partial charge in [0.05, 0.1) is 22.7 Å². The molecule has 1 aromatic carbocycles. The van der Waals surface area contributed by atoms with Crippen molar-refractivity contribution in [1.29, 1.82) is 5.26 Å². The Labute approximate surface area is 111 Å². The molecule has 2 rings (SSSR count). The molecule has 1 amide bonds. The lowest BCUT2D eigenvalue weighted by molar-refractivity contribution is -0.130. The van der Waals surface area contributed by atoms with Crippen LogP contribution < -0.4 is 5.73 Å². The summed E-state index contributed by atoms with van der Waals surface area (Å²) in [5.41, 5.74) is 7.74. The minimum Gasteiger partial charge on any atom is -0.369 e. The van der Waals surface area contributed by atoms with E-state index >= 15 is 0 Å². The number of hydrogen-bond donors (Lipinski definition) is 1. The zero-order valence-electron chi connectivity index (χ0n) is 10.9. The van der Waals surface area contributed by atoms with Crippen molar-refractivity contribution in [2.45, 2.75) is 13.5 Å². The SMILES string of the molecule is CCN(C)C(=O)Cn1c(N)nc2ccc(C#N)cc21. The second-order valence-electron chi connectivity index (χ2n) is 4.28. The van der Waals surface area contributed by atoms with Crippen molar-refractivity contribution in [2.75, 3.05) is 19.3 Å². The van der Waals surface area contributed by atoms with Gasteiger partial charge in [0.2, 0.25) is 11.9 Å². The number of likely N-dealkylation sites (N-methyl/N-ethyl adjacent to an activating group) is 1. The van der Waals surface area contributed by atoms with E-state index in [9.17, 15) is 4.79 Å². The van der Waals surface area contributed by atoms with Crippen LogP contribution in [0.1, 0.15) is 12.5 Å². The van der Waals surface area contributed by atoms with Crippen LogP contribution in [0.2, 0.25) is 0 Å². The van der Waals surface area contributed by atoms with Gasteiger partial charge in [-0.25, -0.2) is 4.98 Å². The van der Waals surface area contributed by atoms with Gasteiger partial charge in [0.25, 0.3) is 0 Å². The monoisotopic (exact) mass is 257 g/mol. The molecule has 0 fully saturated rings. The summed E-state index contributed by atoms with van der Waals surface area (Å²) in [7, 11) is 1.73. The fourth-order valence-corrected chi connectivity index (χ4v) is 1.81. The average molecular weight is 257 g/mol. The third-order valence-electron chi connectivity index (χ3n) is 3.10. The normalized spacial score (nSPS) is 10.4. The molecular weight excluding hydrogens is 242 g/mol. The predicted octanol–water partition coefficient (Wildman–Crippen LogP) is 0.968. The number of imidazole rings is 1. The van der Waals surface area contributed by atoms with Crippen LogP contribution in [0.15, 0.2) is 18.2 Å². The lowest BCUT2D eigenvalue weighted by Crippen LogP contribution is -2.30. The maximum atomic E-state index is 11.9. The molecule has 0 aliphatic carbocycles. The van der Waals surface area contributed by atoms with E-state index in [1.807, 2.05) is 6.92 Å². The van der Waals surface area contributed by atoms with Crippen LogP contribution >= 0.6 is 0 Å². The van der Waals surface area contributed by atoms with Gasteiger partial charge < -0.3 is 15.2 Å². The van der Waals surface area contributed by atoms with Crippen molar-refractivity contribution < 1.29 is 4.79 Å². The molecular formula is C13H15N5O. The van der Waals surface area contributed by atoms with Gasteiger partial charge in [-0.3, -0.25) is 4.79 Å². The van der Waals surface area contributed by atoms with Crippen LogP contribution in [0.3, 0.4) is 0 Å². The number of anilines is 1. The molecule has 2 aromatic rings. The van der Waals surface area contributed by atoms with E-state index in [0.29, 0.717) is 23.1 Å². The number of benzene rings is 1. The molecule has 19 heavy (non-hydrogen) atoms. The fourth-order valence-electron chi connectivity index (χ4n) is 1.81. The number of carbonyl (C=O) groups excluding carboxylic acids is 1. The van der Waals surface area contributed by atoms with E-state index in [1.54, 1.807) is 34.7 Å². The van der Waals surface area contributed by atoms with E-state index in [4.69, 9.17) is 11.0 Å². The minimum atomic E-state index is -0.0455. The zero-order valence-corrected chi connectivity index (χ0v) is 10.9. The number of nitrogens with zero attached hydrogens (tertiary/aromatic N) is 4. The third-order valence-corrected chi connectivity index (χ3v) is 3.10. The first-order chi connectivity index (χ1) is 9.06. The number of fused-ring (bicyclic) bond motifs is 1. The second-order valence-corrected chi connectivity index (χ2v) is 4.28. The molecule has 1 heterocycles. The maximum absolute atomic E-state index is 11.9. The Balaban J connectivity index is 2.45. The molecule has 0 aliphatic rings. The highest BCUT2D eigenvalue weighted by Gasteiger charge is 2.14. The van der Waals surface area contributed by atoms with E-state index < -0.39 is 0 Å². The van der Waals surface area contributed by atoms with Crippen LogP contribution in [-0.4, -0.2) is 34.0 Å². The van der Waals surface area contributed by atoms with Crippen LogP contribution in [0.25, 0.3) is 11.0 Å².